The number of aliphatic hydroxyl groups is 1. The first-order valence-corrected chi connectivity index (χ1v) is 8.82. The molecule has 0 aliphatic rings. The first-order chi connectivity index (χ1) is 11.0. The van der Waals surface area contributed by atoms with Crippen molar-refractivity contribution in [2.75, 3.05) is 5.32 Å². The zero-order valence-electron chi connectivity index (χ0n) is 12.6. The number of carbonyl (C=O) groups is 1. The highest BCUT2D eigenvalue weighted by Crippen LogP contribution is 2.25. The number of hydrogen-bond donors (Lipinski definition) is 3. The van der Waals surface area contributed by atoms with Crippen LogP contribution in [-0.4, -0.2) is 19.6 Å². The highest BCUT2D eigenvalue weighted by Gasteiger charge is 2.26. The maximum Gasteiger partial charge on any atom is 0.333 e. The Morgan fingerprint density at radius 1 is 1.17 bits per heavy atom. The summed E-state index contributed by atoms with van der Waals surface area (Å²) in [6.45, 7) is 2.94. The number of nitrogens with one attached hydrogen (secondary N) is 2. The van der Waals surface area contributed by atoms with Crippen LogP contribution in [-0.2, 0) is 15.6 Å². The molecule has 2 rings (SSSR count). The van der Waals surface area contributed by atoms with E-state index in [0.29, 0.717) is 0 Å². The van der Waals surface area contributed by atoms with Crippen LogP contribution in [0, 0.1) is 0 Å². The van der Waals surface area contributed by atoms with E-state index < -0.39 is 26.7 Å². The van der Waals surface area contributed by atoms with E-state index in [0.717, 1.165) is 12.3 Å². The summed E-state index contributed by atoms with van der Waals surface area (Å²) in [7, 11) is -4.25. The van der Waals surface area contributed by atoms with Crippen molar-refractivity contribution in [3.8, 4) is 0 Å². The second-order valence-electron chi connectivity index (χ2n) is 5.43. The molecular formula is C14H14Cl2N2O5S. The molecule has 0 unspecified atom stereocenters. The Hall–Kier alpha value is -1.74. The molecule has 0 saturated carbocycles. The summed E-state index contributed by atoms with van der Waals surface area (Å²) in [6, 6.07) is 4.38. The minimum atomic E-state index is -4.25. The SMILES string of the molecule is CC(C)(O)c1coc(S(=O)(=O)NC(=O)Nc2cc(Cl)cc(Cl)c2)c1. The van der Waals surface area contributed by atoms with E-state index in [1.165, 1.54) is 32.0 Å². The molecule has 10 heteroatoms. The van der Waals surface area contributed by atoms with Gasteiger partial charge in [0.25, 0.3) is 10.0 Å². The zero-order chi connectivity index (χ0) is 18.1. The van der Waals surface area contributed by atoms with Crippen LogP contribution >= 0.6 is 23.2 Å². The van der Waals surface area contributed by atoms with Gasteiger partial charge in [-0.3, -0.25) is 0 Å². The van der Waals surface area contributed by atoms with Gasteiger partial charge in [-0.05, 0) is 32.0 Å². The van der Waals surface area contributed by atoms with Crippen LogP contribution in [0.25, 0.3) is 0 Å². The van der Waals surface area contributed by atoms with E-state index in [-0.39, 0.29) is 21.3 Å². The van der Waals surface area contributed by atoms with E-state index in [9.17, 15) is 18.3 Å². The van der Waals surface area contributed by atoms with Crippen molar-refractivity contribution in [3.63, 3.8) is 0 Å². The van der Waals surface area contributed by atoms with E-state index in [4.69, 9.17) is 27.6 Å². The monoisotopic (exact) mass is 392 g/mol. The number of rotatable bonds is 4. The number of hydrogen-bond acceptors (Lipinski definition) is 5. The number of anilines is 1. The lowest BCUT2D eigenvalue weighted by molar-refractivity contribution is 0.0779. The minimum Gasteiger partial charge on any atom is -0.451 e. The van der Waals surface area contributed by atoms with Crippen molar-refractivity contribution in [2.24, 2.45) is 0 Å². The van der Waals surface area contributed by atoms with Crippen molar-refractivity contribution < 1.29 is 22.7 Å². The maximum atomic E-state index is 12.1. The molecule has 0 aliphatic heterocycles. The van der Waals surface area contributed by atoms with Crippen LogP contribution in [0.5, 0.6) is 0 Å². The number of carbonyl (C=O) groups excluding carboxylic acids is 1. The summed E-state index contributed by atoms with van der Waals surface area (Å²) in [5, 5.41) is 12.2. The average molecular weight is 393 g/mol. The molecule has 1 aromatic heterocycles. The van der Waals surface area contributed by atoms with Gasteiger partial charge in [0, 0.05) is 27.4 Å². The number of halogens is 2. The third-order valence-electron chi connectivity index (χ3n) is 2.89. The summed E-state index contributed by atoms with van der Waals surface area (Å²) in [4.78, 5) is 11.8. The number of amides is 2. The summed E-state index contributed by atoms with van der Waals surface area (Å²) < 4.78 is 30.9. The average Bonchev–Trinajstić information content (AvgIpc) is 2.85. The molecule has 1 heterocycles. The minimum absolute atomic E-state index is 0.219. The molecule has 0 aliphatic carbocycles. The Bertz CT molecular complexity index is 851. The molecule has 3 N–H and O–H groups in total. The van der Waals surface area contributed by atoms with E-state index in [1.54, 1.807) is 4.72 Å². The van der Waals surface area contributed by atoms with Crippen LogP contribution in [0.4, 0.5) is 10.5 Å². The molecule has 0 atom stereocenters. The second kappa shape index (κ2) is 6.64. The Morgan fingerprint density at radius 2 is 1.75 bits per heavy atom. The zero-order valence-corrected chi connectivity index (χ0v) is 15.0. The number of sulfonamides is 1. The van der Waals surface area contributed by atoms with Crippen LogP contribution in [0.2, 0.25) is 10.0 Å². The molecule has 2 aromatic rings. The molecule has 0 fully saturated rings. The number of urea groups is 1. The predicted molar refractivity (Wildman–Crippen MR) is 89.8 cm³/mol. The molecule has 0 saturated heterocycles. The van der Waals surface area contributed by atoms with Gasteiger partial charge >= 0.3 is 6.03 Å². The summed E-state index contributed by atoms with van der Waals surface area (Å²) >= 11 is 11.6. The lowest BCUT2D eigenvalue weighted by Crippen LogP contribution is -2.34. The Balaban J connectivity index is 2.14. The first kappa shape index (κ1) is 18.6. The van der Waals surface area contributed by atoms with Crippen molar-refractivity contribution in [3.05, 3.63) is 46.1 Å². The van der Waals surface area contributed by atoms with Gasteiger partial charge in [0.2, 0.25) is 5.09 Å². The van der Waals surface area contributed by atoms with Crippen molar-refractivity contribution in [1.29, 1.82) is 0 Å². The molecular weight excluding hydrogens is 379 g/mol. The Labute approximate surface area is 148 Å². The van der Waals surface area contributed by atoms with Crippen LogP contribution in [0.15, 0.2) is 40.0 Å². The van der Waals surface area contributed by atoms with Gasteiger partial charge in [0.1, 0.15) is 0 Å². The molecule has 24 heavy (non-hydrogen) atoms. The molecule has 0 radical (unpaired) electrons. The Kier molecular flexibility index (Phi) is 5.14. The molecule has 2 amide bonds. The van der Waals surface area contributed by atoms with Crippen LogP contribution in [0.1, 0.15) is 19.4 Å². The lowest BCUT2D eigenvalue weighted by Gasteiger charge is -2.13. The maximum absolute atomic E-state index is 12.1. The van der Waals surface area contributed by atoms with Gasteiger partial charge in [0.05, 0.1) is 11.9 Å². The van der Waals surface area contributed by atoms with Gasteiger partial charge in [-0.1, -0.05) is 23.2 Å². The van der Waals surface area contributed by atoms with E-state index >= 15 is 0 Å². The number of benzene rings is 1. The fourth-order valence-corrected chi connectivity index (χ4v) is 3.11. The second-order valence-corrected chi connectivity index (χ2v) is 7.92. The summed E-state index contributed by atoms with van der Waals surface area (Å²) in [5.74, 6) is 0. The summed E-state index contributed by atoms with van der Waals surface area (Å²) in [6.07, 6.45) is 1.10. The highest BCUT2D eigenvalue weighted by molar-refractivity contribution is 7.89. The van der Waals surface area contributed by atoms with Crippen molar-refractivity contribution >= 4 is 44.9 Å². The molecule has 1 aromatic carbocycles. The third-order valence-corrected chi connectivity index (χ3v) is 4.53. The van der Waals surface area contributed by atoms with E-state index in [1.807, 2.05) is 0 Å². The lowest BCUT2D eigenvalue weighted by atomic mass is 10.0. The molecule has 130 valence electrons. The number of furan rings is 1. The van der Waals surface area contributed by atoms with Gasteiger partial charge in [0.15, 0.2) is 0 Å². The topological polar surface area (TPSA) is 109 Å². The predicted octanol–water partition coefficient (Wildman–Crippen LogP) is 3.32. The van der Waals surface area contributed by atoms with E-state index in [2.05, 4.69) is 5.32 Å². The van der Waals surface area contributed by atoms with Gasteiger partial charge in [-0.2, -0.15) is 8.42 Å². The molecule has 0 spiro atoms. The van der Waals surface area contributed by atoms with Crippen molar-refractivity contribution in [2.45, 2.75) is 24.5 Å². The fraction of sp³-hybridized carbons (Fsp3) is 0.214. The molecule has 0 bridgehead atoms. The quantitative estimate of drug-likeness (QED) is 0.739. The van der Waals surface area contributed by atoms with Crippen LogP contribution < -0.4 is 10.0 Å². The van der Waals surface area contributed by atoms with Gasteiger partial charge in [-0.25, -0.2) is 9.52 Å². The fourth-order valence-electron chi connectivity index (χ4n) is 1.73. The highest BCUT2D eigenvalue weighted by atomic mass is 35.5. The first-order valence-electron chi connectivity index (χ1n) is 6.59. The smallest absolute Gasteiger partial charge is 0.333 e. The van der Waals surface area contributed by atoms with Gasteiger partial charge in [-0.15, -0.1) is 0 Å². The standard InChI is InChI=1S/C14H14Cl2N2O5S/c1-14(2,20)8-3-12(23-7-8)24(21,22)18-13(19)17-11-5-9(15)4-10(16)6-11/h3-7,20H,1-2H3,(H2,17,18,19). The summed E-state index contributed by atoms with van der Waals surface area (Å²) in [5.41, 5.74) is -0.807. The largest absolute Gasteiger partial charge is 0.451 e. The third kappa shape index (κ3) is 4.64. The van der Waals surface area contributed by atoms with Crippen molar-refractivity contribution in [1.82, 2.24) is 4.72 Å². The van der Waals surface area contributed by atoms with Crippen LogP contribution in [0.3, 0.4) is 0 Å². The normalized spacial score (nSPS) is 12.0. The Morgan fingerprint density at radius 3 is 2.25 bits per heavy atom. The molecule has 7 nitrogen and oxygen atoms in total. The van der Waals surface area contributed by atoms with Gasteiger partial charge < -0.3 is 14.8 Å².